The summed E-state index contributed by atoms with van der Waals surface area (Å²) in [6.07, 6.45) is -0.290. The van der Waals surface area contributed by atoms with Crippen molar-refractivity contribution < 1.29 is 14.3 Å². The number of Topliss-reactive ketones (excluding diaryl/α,β-unsaturated/α-hetero) is 1. The van der Waals surface area contributed by atoms with Crippen molar-refractivity contribution in [2.75, 3.05) is 13.2 Å². The van der Waals surface area contributed by atoms with Crippen LogP contribution in [0.3, 0.4) is 0 Å². The number of hydrogen-bond donors (Lipinski definition) is 0. The van der Waals surface area contributed by atoms with Crippen LogP contribution in [-0.2, 0) is 9.47 Å². The molecule has 1 unspecified atom stereocenters. The smallest absolute Gasteiger partial charge is 0.174 e. The molecule has 1 aliphatic rings. The van der Waals surface area contributed by atoms with E-state index in [-0.39, 0.29) is 12.2 Å². The van der Waals surface area contributed by atoms with E-state index in [0.717, 1.165) is 0 Å². The van der Waals surface area contributed by atoms with Gasteiger partial charge >= 0.3 is 0 Å². The van der Waals surface area contributed by atoms with Crippen molar-refractivity contribution >= 4 is 29.0 Å². The summed E-state index contributed by atoms with van der Waals surface area (Å²) in [7, 11) is 0. The Morgan fingerprint density at radius 2 is 1.88 bits per heavy atom. The van der Waals surface area contributed by atoms with E-state index >= 15 is 0 Å². The Kier molecular flexibility index (Phi) is 4.40. The third kappa shape index (κ3) is 3.42. The van der Waals surface area contributed by atoms with Gasteiger partial charge in [0, 0.05) is 17.0 Å². The number of carbonyl (C=O) groups excluding carboxylic acids is 1. The highest BCUT2D eigenvalue weighted by atomic mass is 35.5. The normalized spacial score (nSPS) is 18.2. The zero-order valence-corrected chi connectivity index (χ0v) is 10.6. The maximum Gasteiger partial charge on any atom is 0.174 e. The third-order valence-electron chi connectivity index (χ3n) is 2.49. The Labute approximate surface area is 110 Å². The molecule has 0 N–H and O–H groups in total. The minimum absolute atomic E-state index is 0.0410. The van der Waals surface area contributed by atoms with E-state index in [2.05, 4.69) is 0 Å². The van der Waals surface area contributed by atoms with Crippen molar-refractivity contribution in [1.82, 2.24) is 0 Å². The molecule has 1 aromatic carbocycles. The SMILES string of the molecule is O=C(CC(Cl)C1OCCO1)c1ccc(Cl)cc1. The number of ether oxygens (including phenoxy) is 2. The van der Waals surface area contributed by atoms with Crippen molar-refractivity contribution in [3.05, 3.63) is 34.9 Å². The topological polar surface area (TPSA) is 35.5 Å². The minimum Gasteiger partial charge on any atom is -0.349 e. The van der Waals surface area contributed by atoms with Gasteiger partial charge < -0.3 is 9.47 Å². The van der Waals surface area contributed by atoms with E-state index in [1.54, 1.807) is 24.3 Å². The molecule has 0 bridgehead atoms. The fourth-order valence-electron chi connectivity index (χ4n) is 1.61. The average Bonchev–Trinajstić information content (AvgIpc) is 2.83. The van der Waals surface area contributed by atoms with Gasteiger partial charge in [0.05, 0.1) is 18.6 Å². The first kappa shape index (κ1) is 12.8. The molecule has 1 aliphatic heterocycles. The predicted octanol–water partition coefficient (Wildman–Crippen LogP) is 2.89. The zero-order chi connectivity index (χ0) is 12.3. The highest BCUT2D eigenvalue weighted by Gasteiger charge is 2.27. The number of alkyl halides is 1. The number of hydrogen-bond acceptors (Lipinski definition) is 3. The molecule has 0 aliphatic carbocycles. The molecule has 92 valence electrons. The molecule has 1 heterocycles. The molecule has 1 fully saturated rings. The van der Waals surface area contributed by atoms with Crippen LogP contribution in [0.2, 0.25) is 5.02 Å². The van der Waals surface area contributed by atoms with Crippen LogP contribution in [0, 0.1) is 0 Å². The lowest BCUT2D eigenvalue weighted by molar-refractivity contribution is -0.0433. The predicted molar refractivity (Wildman–Crippen MR) is 65.7 cm³/mol. The van der Waals surface area contributed by atoms with Gasteiger partial charge in [0.25, 0.3) is 0 Å². The minimum atomic E-state index is -0.479. The largest absolute Gasteiger partial charge is 0.349 e. The van der Waals surface area contributed by atoms with Gasteiger partial charge in [-0.15, -0.1) is 11.6 Å². The first-order chi connectivity index (χ1) is 8.16. The van der Waals surface area contributed by atoms with Gasteiger partial charge in [-0.25, -0.2) is 0 Å². The van der Waals surface area contributed by atoms with Gasteiger partial charge in [0.15, 0.2) is 12.1 Å². The molecule has 2 rings (SSSR count). The van der Waals surface area contributed by atoms with E-state index in [1.165, 1.54) is 0 Å². The fourth-order valence-corrected chi connectivity index (χ4v) is 2.02. The summed E-state index contributed by atoms with van der Waals surface area (Å²) in [5.41, 5.74) is 0.595. The zero-order valence-electron chi connectivity index (χ0n) is 9.07. The maximum atomic E-state index is 11.9. The second kappa shape index (κ2) is 5.83. The average molecular weight is 275 g/mol. The van der Waals surface area contributed by atoms with E-state index in [1.807, 2.05) is 0 Å². The lowest BCUT2D eigenvalue weighted by Crippen LogP contribution is -2.24. The quantitative estimate of drug-likeness (QED) is 0.626. The van der Waals surface area contributed by atoms with E-state index in [9.17, 15) is 4.79 Å². The van der Waals surface area contributed by atoms with Crippen LogP contribution in [0.15, 0.2) is 24.3 Å². The summed E-state index contributed by atoms with van der Waals surface area (Å²) >= 11 is 11.8. The Morgan fingerprint density at radius 3 is 2.47 bits per heavy atom. The molecular weight excluding hydrogens is 263 g/mol. The van der Waals surface area contributed by atoms with Crippen molar-refractivity contribution in [2.45, 2.75) is 18.1 Å². The Hall–Kier alpha value is -0.610. The lowest BCUT2D eigenvalue weighted by atomic mass is 10.1. The summed E-state index contributed by atoms with van der Waals surface area (Å²) in [4.78, 5) is 11.9. The number of ketones is 1. The standard InChI is InChI=1S/C12H12Cl2O3/c13-9-3-1-8(2-4-9)11(15)7-10(14)12-16-5-6-17-12/h1-4,10,12H,5-7H2. The Bertz CT molecular complexity index is 385. The van der Waals surface area contributed by atoms with Crippen LogP contribution >= 0.6 is 23.2 Å². The molecule has 0 aromatic heterocycles. The number of halogens is 2. The van der Waals surface area contributed by atoms with E-state index in [4.69, 9.17) is 32.7 Å². The van der Waals surface area contributed by atoms with Crippen molar-refractivity contribution in [1.29, 1.82) is 0 Å². The van der Waals surface area contributed by atoms with E-state index in [0.29, 0.717) is 23.8 Å². The molecular formula is C12H12Cl2O3. The van der Waals surface area contributed by atoms with Crippen LogP contribution < -0.4 is 0 Å². The second-order valence-corrected chi connectivity index (χ2v) is 4.76. The van der Waals surface area contributed by atoms with Gasteiger partial charge in [-0.05, 0) is 24.3 Å². The molecule has 0 amide bonds. The molecule has 3 nitrogen and oxygen atoms in total. The summed E-state index contributed by atoms with van der Waals surface area (Å²) < 4.78 is 10.5. The summed E-state index contributed by atoms with van der Waals surface area (Å²) in [5, 5.41) is 0.145. The van der Waals surface area contributed by atoms with Crippen LogP contribution in [0.1, 0.15) is 16.8 Å². The van der Waals surface area contributed by atoms with Crippen molar-refractivity contribution in [2.24, 2.45) is 0 Å². The Morgan fingerprint density at radius 1 is 1.29 bits per heavy atom. The second-order valence-electron chi connectivity index (χ2n) is 3.76. The molecule has 1 saturated heterocycles. The fraction of sp³-hybridized carbons (Fsp3) is 0.417. The van der Waals surface area contributed by atoms with Gasteiger partial charge in [0.2, 0.25) is 0 Å². The van der Waals surface area contributed by atoms with Gasteiger partial charge in [0.1, 0.15) is 0 Å². The summed E-state index contributed by atoms with van der Waals surface area (Å²) in [6.45, 7) is 1.06. The van der Waals surface area contributed by atoms with Gasteiger partial charge in [-0.2, -0.15) is 0 Å². The maximum absolute atomic E-state index is 11.9. The number of benzene rings is 1. The van der Waals surface area contributed by atoms with Crippen LogP contribution in [0.25, 0.3) is 0 Å². The molecule has 1 aromatic rings. The molecule has 17 heavy (non-hydrogen) atoms. The molecule has 1 atom stereocenters. The summed E-state index contributed by atoms with van der Waals surface area (Å²) in [6, 6.07) is 6.73. The molecule has 0 spiro atoms. The number of carbonyl (C=O) groups is 1. The molecule has 0 saturated carbocycles. The Balaban J connectivity index is 1.94. The van der Waals surface area contributed by atoms with Gasteiger partial charge in [-0.1, -0.05) is 11.6 Å². The first-order valence-corrected chi connectivity index (χ1v) is 6.14. The van der Waals surface area contributed by atoms with E-state index < -0.39 is 11.7 Å². The highest BCUT2D eigenvalue weighted by Crippen LogP contribution is 2.20. The lowest BCUT2D eigenvalue weighted by Gasteiger charge is -2.14. The van der Waals surface area contributed by atoms with Gasteiger partial charge in [-0.3, -0.25) is 4.79 Å². The molecule has 5 heteroatoms. The van der Waals surface area contributed by atoms with Crippen LogP contribution in [0.5, 0.6) is 0 Å². The first-order valence-electron chi connectivity index (χ1n) is 5.33. The monoisotopic (exact) mass is 274 g/mol. The third-order valence-corrected chi connectivity index (χ3v) is 3.10. The van der Waals surface area contributed by atoms with Crippen molar-refractivity contribution in [3.8, 4) is 0 Å². The summed E-state index contributed by atoms with van der Waals surface area (Å²) in [5.74, 6) is -0.0410. The highest BCUT2D eigenvalue weighted by molar-refractivity contribution is 6.30. The number of rotatable bonds is 4. The van der Waals surface area contributed by atoms with Crippen LogP contribution in [-0.4, -0.2) is 30.7 Å². The molecule has 0 radical (unpaired) electrons. The van der Waals surface area contributed by atoms with Crippen molar-refractivity contribution in [3.63, 3.8) is 0 Å². The van der Waals surface area contributed by atoms with Crippen LogP contribution in [0.4, 0.5) is 0 Å².